The van der Waals surface area contributed by atoms with Crippen LogP contribution >= 0.6 is 0 Å². The Morgan fingerprint density at radius 3 is 2.81 bits per heavy atom. The average Bonchev–Trinajstić information content (AvgIpc) is 2.93. The fraction of sp³-hybridized carbons (Fsp3) is 0.185. The molecule has 4 heterocycles. The molecule has 0 spiro atoms. The van der Waals surface area contributed by atoms with Gasteiger partial charge in [0.2, 0.25) is 11.8 Å². The number of benzene rings is 1. The SMILES string of the molecule is C=CC(=O)Nc1cccc(-c2cc3ccncc3nc2Nc2ccc(N3CCOCC3)nc2OC)c1. The van der Waals surface area contributed by atoms with Crippen LogP contribution in [0, 0.1) is 0 Å². The Hall–Kier alpha value is -4.50. The molecule has 5 rings (SSSR count). The van der Waals surface area contributed by atoms with Crippen LogP contribution < -0.4 is 20.3 Å². The van der Waals surface area contributed by atoms with Crippen LogP contribution in [0.4, 0.5) is 23.0 Å². The molecule has 0 atom stereocenters. The van der Waals surface area contributed by atoms with Crippen molar-refractivity contribution in [1.29, 1.82) is 0 Å². The molecule has 0 saturated carbocycles. The van der Waals surface area contributed by atoms with Gasteiger partial charge < -0.3 is 25.0 Å². The monoisotopic (exact) mass is 482 g/mol. The molecule has 1 aliphatic heterocycles. The highest BCUT2D eigenvalue weighted by molar-refractivity contribution is 5.99. The van der Waals surface area contributed by atoms with E-state index in [1.807, 2.05) is 48.5 Å². The number of aromatic nitrogens is 3. The number of amides is 1. The summed E-state index contributed by atoms with van der Waals surface area (Å²) in [6.07, 6.45) is 4.70. The number of fused-ring (bicyclic) bond motifs is 1. The average molecular weight is 483 g/mol. The molecule has 2 N–H and O–H groups in total. The first kappa shape index (κ1) is 23.3. The van der Waals surface area contributed by atoms with Crippen molar-refractivity contribution in [2.45, 2.75) is 0 Å². The topological polar surface area (TPSA) is 102 Å². The number of carbonyl (C=O) groups excluding carboxylic acids is 1. The van der Waals surface area contributed by atoms with Crippen molar-refractivity contribution in [3.8, 4) is 17.0 Å². The molecule has 0 bridgehead atoms. The molecule has 3 aromatic heterocycles. The van der Waals surface area contributed by atoms with E-state index in [0.29, 0.717) is 36.3 Å². The zero-order valence-corrected chi connectivity index (χ0v) is 19.9. The first-order valence-electron chi connectivity index (χ1n) is 11.6. The second kappa shape index (κ2) is 10.4. The van der Waals surface area contributed by atoms with Gasteiger partial charge in [-0.3, -0.25) is 9.78 Å². The number of anilines is 4. The summed E-state index contributed by atoms with van der Waals surface area (Å²) in [7, 11) is 1.60. The fourth-order valence-electron chi connectivity index (χ4n) is 4.07. The maximum Gasteiger partial charge on any atom is 0.247 e. The Balaban J connectivity index is 1.55. The van der Waals surface area contributed by atoms with Crippen LogP contribution in [0.5, 0.6) is 5.88 Å². The molecule has 0 aliphatic carbocycles. The maximum atomic E-state index is 11.8. The van der Waals surface area contributed by atoms with Crippen LogP contribution in [0.3, 0.4) is 0 Å². The van der Waals surface area contributed by atoms with Crippen LogP contribution in [-0.4, -0.2) is 54.3 Å². The summed E-state index contributed by atoms with van der Waals surface area (Å²) in [6.45, 7) is 6.44. The van der Waals surface area contributed by atoms with Gasteiger partial charge in [-0.05, 0) is 48.0 Å². The molecular formula is C27H26N6O3. The Morgan fingerprint density at radius 1 is 1.14 bits per heavy atom. The molecule has 1 saturated heterocycles. The molecule has 1 aromatic carbocycles. The number of rotatable bonds is 7. The predicted octanol–water partition coefficient (Wildman–Crippen LogP) is 4.41. The van der Waals surface area contributed by atoms with Gasteiger partial charge >= 0.3 is 0 Å². The summed E-state index contributed by atoms with van der Waals surface area (Å²) in [4.78, 5) is 27.8. The van der Waals surface area contributed by atoms with Gasteiger partial charge in [0.15, 0.2) is 0 Å². The number of hydrogen-bond acceptors (Lipinski definition) is 8. The molecule has 9 heteroatoms. The number of morpholine rings is 1. The number of carbonyl (C=O) groups is 1. The zero-order chi connectivity index (χ0) is 24.9. The molecule has 9 nitrogen and oxygen atoms in total. The van der Waals surface area contributed by atoms with Crippen molar-refractivity contribution in [1.82, 2.24) is 15.0 Å². The minimum atomic E-state index is -0.274. The first-order valence-corrected chi connectivity index (χ1v) is 11.6. The van der Waals surface area contributed by atoms with Crippen molar-refractivity contribution in [3.63, 3.8) is 0 Å². The lowest BCUT2D eigenvalue weighted by molar-refractivity contribution is -0.111. The Labute approximate surface area is 208 Å². The van der Waals surface area contributed by atoms with E-state index in [9.17, 15) is 4.79 Å². The summed E-state index contributed by atoms with van der Waals surface area (Å²) in [5, 5.41) is 7.17. The van der Waals surface area contributed by atoms with Crippen LogP contribution in [0.15, 0.2) is 73.6 Å². The summed E-state index contributed by atoms with van der Waals surface area (Å²) >= 11 is 0. The third-order valence-electron chi connectivity index (χ3n) is 5.87. The van der Waals surface area contributed by atoms with Gasteiger partial charge in [-0.15, -0.1) is 0 Å². The Kier molecular flexibility index (Phi) is 6.72. The van der Waals surface area contributed by atoms with Gasteiger partial charge in [0, 0.05) is 35.9 Å². The van der Waals surface area contributed by atoms with E-state index in [4.69, 9.17) is 19.4 Å². The quantitative estimate of drug-likeness (QED) is 0.374. The number of nitrogens with zero attached hydrogens (tertiary/aromatic N) is 4. The van der Waals surface area contributed by atoms with Crippen molar-refractivity contribution in [2.24, 2.45) is 0 Å². The van der Waals surface area contributed by atoms with E-state index < -0.39 is 0 Å². The van der Waals surface area contributed by atoms with Gasteiger partial charge in [0.25, 0.3) is 0 Å². The minimum Gasteiger partial charge on any atom is -0.479 e. The summed E-state index contributed by atoms with van der Waals surface area (Å²) in [5.41, 5.74) is 3.82. The van der Waals surface area contributed by atoms with E-state index in [0.717, 1.165) is 40.9 Å². The Morgan fingerprint density at radius 2 is 2.00 bits per heavy atom. The molecule has 36 heavy (non-hydrogen) atoms. The zero-order valence-electron chi connectivity index (χ0n) is 19.9. The fourth-order valence-corrected chi connectivity index (χ4v) is 4.07. The molecule has 182 valence electrons. The minimum absolute atomic E-state index is 0.274. The lowest BCUT2D eigenvalue weighted by Crippen LogP contribution is -2.36. The van der Waals surface area contributed by atoms with Gasteiger partial charge in [-0.1, -0.05) is 18.7 Å². The van der Waals surface area contributed by atoms with Crippen LogP contribution in [0.2, 0.25) is 0 Å². The largest absolute Gasteiger partial charge is 0.479 e. The van der Waals surface area contributed by atoms with Crippen molar-refractivity contribution in [3.05, 3.63) is 73.6 Å². The number of hydrogen-bond donors (Lipinski definition) is 2. The lowest BCUT2D eigenvalue weighted by Gasteiger charge is -2.28. The van der Waals surface area contributed by atoms with Crippen molar-refractivity contribution < 1.29 is 14.3 Å². The lowest BCUT2D eigenvalue weighted by atomic mass is 10.0. The predicted molar refractivity (Wildman–Crippen MR) is 141 cm³/mol. The molecule has 1 amide bonds. The highest BCUT2D eigenvalue weighted by Crippen LogP contribution is 2.35. The third kappa shape index (κ3) is 4.96. The van der Waals surface area contributed by atoms with Crippen LogP contribution in [0.1, 0.15) is 0 Å². The maximum absolute atomic E-state index is 11.8. The smallest absolute Gasteiger partial charge is 0.247 e. The molecule has 0 unspecified atom stereocenters. The van der Waals surface area contributed by atoms with E-state index in [2.05, 4.69) is 27.1 Å². The second-order valence-corrected chi connectivity index (χ2v) is 8.18. The molecular weight excluding hydrogens is 456 g/mol. The number of methoxy groups -OCH3 is 1. The van der Waals surface area contributed by atoms with E-state index in [-0.39, 0.29) is 5.91 Å². The number of pyridine rings is 3. The van der Waals surface area contributed by atoms with E-state index >= 15 is 0 Å². The molecule has 0 radical (unpaired) electrons. The summed E-state index contributed by atoms with van der Waals surface area (Å²) in [6, 6.07) is 15.4. The second-order valence-electron chi connectivity index (χ2n) is 8.18. The normalized spacial score (nSPS) is 13.3. The molecule has 1 aliphatic rings. The summed E-state index contributed by atoms with van der Waals surface area (Å²) < 4.78 is 11.1. The standard InChI is InChI=1S/C27H26N6O3/c1-3-25(34)29-20-6-4-5-18(15-20)21-16-19-9-10-28-17-23(19)31-26(21)30-22-7-8-24(32-27(22)35-2)33-11-13-36-14-12-33/h3-10,15-17H,1,11-14H2,2H3,(H,29,34)(H,30,31). The van der Waals surface area contributed by atoms with Gasteiger partial charge in [0.05, 0.1) is 32.0 Å². The van der Waals surface area contributed by atoms with E-state index in [1.54, 1.807) is 19.5 Å². The number of ether oxygens (including phenoxy) is 2. The first-order chi connectivity index (χ1) is 17.6. The van der Waals surface area contributed by atoms with E-state index in [1.165, 1.54) is 6.08 Å². The third-order valence-corrected chi connectivity index (χ3v) is 5.87. The highest BCUT2D eigenvalue weighted by Gasteiger charge is 2.17. The molecule has 4 aromatic rings. The van der Waals surface area contributed by atoms with Crippen LogP contribution in [0.25, 0.3) is 22.0 Å². The molecule has 1 fully saturated rings. The van der Waals surface area contributed by atoms with Crippen LogP contribution in [-0.2, 0) is 9.53 Å². The van der Waals surface area contributed by atoms with Crippen molar-refractivity contribution >= 4 is 39.8 Å². The van der Waals surface area contributed by atoms with Gasteiger partial charge in [-0.25, -0.2) is 4.98 Å². The van der Waals surface area contributed by atoms with Gasteiger partial charge in [0.1, 0.15) is 17.3 Å². The summed E-state index contributed by atoms with van der Waals surface area (Å²) in [5.74, 6) is 1.64. The van der Waals surface area contributed by atoms with Gasteiger partial charge in [-0.2, -0.15) is 4.98 Å². The Bertz CT molecular complexity index is 1420. The highest BCUT2D eigenvalue weighted by atomic mass is 16.5. The van der Waals surface area contributed by atoms with Crippen molar-refractivity contribution in [2.75, 3.05) is 48.9 Å². The number of nitrogens with one attached hydrogen (secondary N) is 2.